The maximum absolute atomic E-state index is 13.0. The second kappa shape index (κ2) is 7.80. The van der Waals surface area contributed by atoms with Gasteiger partial charge in [-0.3, -0.25) is 9.69 Å². The first-order valence-corrected chi connectivity index (χ1v) is 10.4. The van der Waals surface area contributed by atoms with Gasteiger partial charge in [-0.1, -0.05) is 18.2 Å². The Hall–Kier alpha value is -3.38. The van der Waals surface area contributed by atoms with Gasteiger partial charge in [0.05, 0.1) is 6.04 Å². The van der Waals surface area contributed by atoms with E-state index in [0.29, 0.717) is 0 Å². The van der Waals surface area contributed by atoms with Gasteiger partial charge in [0.1, 0.15) is 5.82 Å². The lowest BCUT2D eigenvalue weighted by molar-refractivity contribution is -0.120. The highest BCUT2D eigenvalue weighted by molar-refractivity contribution is 5.95. The highest BCUT2D eigenvalue weighted by Crippen LogP contribution is 2.25. The summed E-state index contributed by atoms with van der Waals surface area (Å²) in [4.78, 5) is 22.9. The molecule has 1 aliphatic rings. The summed E-state index contributed by atoms with van der Waals surface area (Å²) in [6.45, 7) is 3.69. The zero-order chi connectivity index (χ0) is 20.5. The van der Waals surface area contributed by atoms with Crippen molar-refractivity contribution in [2.24, 2.45) is 0 Å². The molecule has 0 aliphatic carbocycles. The lowest BCUT2D eigenvalue weighted by Crippen LogP contribution is -2.39. The van der Waals surface area contributed by atoms with Crippen molar-refractivity contribution in [3.8, 4) is 5.69 Å². The molecular weight excluding hydrogens is 374 g/mol. The van der Waals surface area contributed by atoms with Gasteiger partial charge in [-0.25, -0.2) is 4.98 Å². The van der Waals surface area contributed by atoms with E-state index in [9.17, 15) is 4.79 Å². The number of anilines is 1. The van der Waals surface area contributed by atoms with Crippen LogP contribution in [0.1, 0.15) is 24.2 Å². The van der Waals surface area contributed by atoms with Crippen LogP contribution in [0.3, 0.4) is 0 Å². The Balaban J connectivity index is 1.28. The van der Waals surface area contributed by atoms with E-state index in [0.717, 1.165) is 48.6 Å². The number of rotatable bonds is 5. The number of nitrogens with one attached hydrogen (secondary N) is 2. The van der Waals surface area contributed by atoms with Gasteiger partial charge in [0.2, 0.25) is 5.91 Å². The summed E-state index contributed by atoms with van der Waals surface area (Å²) >= 11 is 0. The number of nitrogens with zero attached hydrogens (tertiary/aromatic N) is 3. The van der Waals surface area contributed by atoms with Crippen molar-refractivity contribution >= 4 is 22.5 Å². The molecule has 1 aliphatic heterocycles. The second-order valence-corrected chi connectivity index (χ2v) is 7.87. The van der Waals surface area contributed by atoms with E-state index in [1.807, 2.05) is 48.0 Å². The summed E-state index contributed by atoms with van der Waals surface area (Å²) in [5.41, 5.74) is 4.23. The maximum atomic E-state index is 13.0. The van der Waals surface area contributed by atoms with Gasteiger partial charge < -0.3 is 14.9 Å². The van der Waals surface area contributed by atoms with Gasteiger partial charge >= 0.3 is 0 Å². The first-order valence-electron chi connectivity index (χ1n) is 10.4. The van der Waals surface area contributed by atoms with E-state index < -0.39 is 0 Å². The average molecular weight is 399 g/mol. The summed E-state index contributed by atoms with van der Waals surface area (Å²) < 4.78 is 2.02. The van der Waals surface area contributed by atoms with Crippen LogP contribution in [-0.4, -0.2) is 37.9 Å². The average Bonchev–Trinajstić information content (AvgIpc) is 3.50. The largest absolute Gasteiger partial charge is 0.361 e. The Kier molecular flexibility index (Phi) is 4.85. The third-order valence-corrected chi connectivity index (χ3v) is 5.95. The molecule has 0 radical (unpaired) electrons. The monoisotopic (exact) mass is 399 g/mol. The Morgan fingerprint density at radius 3 is 2.83 bits per heavy atom. The van der Waals surface area contributed by atoms with Crippen molar-refractivity contribution in [3.63, 3.8) is 0 Å². The van der Waals surface area contributed by atoms with Gasteiger partial charge in [-0.2, -0.15) is 0 Å². The molecule has 2 aromatic carbocycles. The lowest BCUT2D eigenvalue weighted by Gasteiger charge is -2.23. The zero-order valence-electron chi connectivity index (χ0n) is 17.0. The minimum atomic E-state index is -0.103. The summed E-state index contributed by atoms with van der Waals surface area (Å²) in [5, 5.41) is 4.33. The second-order valence-electron chi connectivity index (χ2n) is 7.87. The van der Waals surface area contributed by atoms with Crippen LogP contribution in [-0.2, 0) is 11.3 Å². The van der Waals surface area contributed by atoms with Gasteiger partial charge in [-0.15, -0.1) is 0 Å². The highest BCUT2D eigenvalue weighted by Gasteiger charge is 2.31. The minimum absolute atomic E-state index is 0.0684. The maximum Gasteiger partial charge on any atom is 0.241 e. The first kappa shape index (κ1) is 18.6. The number of benzene rings is 2. The standard InChI is InChI=1S/C24H25N5O/c1-17-25-12-14-29(17)20-10-8-19(9-11-20)27-24(30)23-7-4-13-28(23)16-18-15-26-22-6-3-2-5-21(18)22/h2-3,5-6,8-12,14-15,23,26H,4,7,13,16H2,1H3,(H,27,30). The van der Waals surface area contributed by atoms with E-state index in [1.165, 1.54) is 10.9 Å². The van der Waals surface area contributed by atoms with Crippen molar-refractivity contribution in [1.29, 1.82) is 0 Å². The number of hydrogen-bond donors (Lipinski definition) is 2. The number of amides is 1. The smallest absolute Gasteiger partial charge is 0.241 e. The quantitative estimate of drug-likeness (QED) is 0.527. The molecule has 1 amide bonds. The number of likely N-dealkylation sites (tertiary alicyclic amines) is 1. The van der Waals surface area contributed by atoms with E-state index in [4.69, 9.17) is 0 Å². The number of fused-ring (bicyclic) bond motifs is 1. The van der Waals surface area contributed by atoms with Gasteiger partial charge in [0.25, 0.3) is 0 Å². The molecule has 1 saturated heterocycles. The fourth-order valence-corrected chi connectivity index (χ4v) is 4.38. The molecular formula is C24H25N5O. The minimum Gasteiger partial charge on any atom is -0.361 e. The number of carbonyl (C=O) groups excluding carboxylic acids is 1. The normalized spacial score (nSPS) is 16.9. The fourth-order valence-electron chi connectivity index (χ4n) is 4.38. The third kappa shape index (κ3) is 3.50. The Labute approximate surface area is 175 Å². The molecule has 1 fully saturated rings. The number of hydrogen-bond acceptors (Lipinski definition) is 3. The molecule has 30 heavy (non-hydrogen) atoms. The molecule has 152 valence electrons. The Morgan fingerprint density at radius 2 is 2.03 bits per heavy atom. The van der Waals surface area contributed by atoms with Crippen LogP contribution >= 0.6 is 0 Å². The molecule has 0 spiro atoms. The molecule has 2 aromatic heterocycles. The van der Waals surface area contributed by atoms with Crippen molar-refractivity contribution in [2.75, 3.05) is 11.9 Å². The number of H-pyrrole nitrogens is 1. The number of aromatic nitrogens is 3. The molecule has 5 rings (SSSR count). The molecule has 1 atom stereocenters. The predicted molar refractivity (Wildman–Crippen MR) is 119 cm³/mol. The Morgan fingerprint density at radius 1 is 1.20 bits per heavy atom. The number of para-hydroxylation sites is 1. The van der Waals surface area contributed by atoms with Crippen molar-refractivity contribution < 1.29 is 4.79 Å². The molecule has 2 N–H and O–H groups in total. The van der Waals surface area contributed by atoms with Crippen LogP contribution in [0.2, 0.25) is 0 Å². The summed E-state index contributed by atoms with van der Waals surface area (Å²) in [6, 6.07) is 16.1. The van der Waals surface area contributed by atoms with Crippen LogP contribution in [0.5, 0.6) is 0 Å². The Bertz CT molecular complexity index is 1170. The van der Waals surface area contributed by atoms with Gasteiger partial charge in [-0.05, 0) is 62.2 Å². The van der Waals surface area contributed by atoms with Crippen molar-refractivity contribution in [3.05, 3.63) is 78.5 Å². The van der Waals surface area contributed by atoms with Crippen molar-refractivity contribution in [1.82, 2.24) is 19.4 Å². The molecule has 0 saturated carbocycles. The van der Waals surface area contributed by atoms with E-state index >= 15 is 0 Å². The van der Waals surface area contributed by atoms with Crippen LogP contribution in [0.4, 0.5) is 5.69 Å². The first-order chi connectivity index (χ1) is 14.7. The molecule has 6 heteroatoms. The number of imidazole rings is 1. The SMILES string of the molecule is Cc1nccn1-c1ccc(NC(=O)C2CCCN2Cc2c[nH]c3ccccc23)cc1. The van der Waals surface area contributed by atoms with E-state index in [1.54, 1.807) is 6.20 Å². The highest BCUT2D eigenvalue weighted by atomic mass is 16.2. The molecule has 0 bridgehead atoms. The van der Waals surface area contributed by atoms with Gasteiger partial charge in [0.15, 0.2) is 0 Å². The zero-order valence-corrected chi connectivity index (χ0v) is 17.0. The molecule has 6 nitrogen and oxygen atoms in total. The van der Waals surface area contributed by atoms with Crippen LogP contribution in [0, 0.1) is 6.92 Å². The van der Waals surface area contributed by atoms with Crippen LogP contribution in [0.25, 0.3) is 16.6 Å². The summed E-state index contributed by atoms with van der Waals surface area (Å²) in [5.74, 6) is 1.00. The topological polar surface area (TPSA) is 66.0 Å². The number of aromatic amines is 1. The third-order valence-electron chi connectivity index (χ3n) is 5.95. The van der Waals surface area contributed by atoms with Crippen molar-refractivity contribution in [2.45, 2.75) is 32.4 Å². The molecule has 4 aromatic rings. The summed E-state index contributed by atoms with van der Waals surface area (Å²) in [6.07, 6.45) is 7.71. The number of carbonyl (C=O) groups is 1. The van der Waals surface area contributed by atoms with E-state index in [-0.39, 0.29) is 11.9 Å². The molecule has 3 heterocycles. The summed E-state index contributed by atoms with van der Waals surface area (Å²) in [7, 11) is 0. The van der Waals surface area contributed by atoms with Crippen LogP contribution < -0.4 is 5.32 Å². The lowest BCUT2D eigenvalue weighted by atomic mass is 10.1. The molecule has 1 unspecified atom stereocenters. The number of aryl methyl sites for hydroxylation is 1. The predicted octanol–water partition coefficient (Wildman–Crippen LogP) is 4.27. The van der Waals surface area contributed by atoms with Gasteiger partial charge in [0, 0.05) is 47.4 Å². The van der Waals surface area contributed by atoms with E-state index in [2.05, 4.69) is 44.6 Å². The fraction of sp³-hybridized carbons (Fsp3) is 0.250. The van der Waals surface area contributed by atoms with Crippen LogP contribution in [0.15, 0.2) is 67.1 Å².